The monoisotopic (exact) mass is 322 g/mol. The van der Waals surface area contributed by atoms with Gasteiger partial charge in [0.05, 0.1) is 25.4 Å². The highest BCUT2D eigenvalue weighted by Gasteiger charge is 2.39. The van der Waals surface area contributed by atoms with Crippen molar-refractivity contribution in [1.82, 2.24) is 9.80 Å². The van der Waals surface area contributed by atoms with Crippen molar-refractivity contribution in [1.29, 1.82) is 0 Å². The van der Waals surface area contributed by atoms with Gasteiger partial charge in [-0.05, 0) is 31.0 Å². The predicted octanol–water partition coefficient (Wildman–Crippen LogP) is 1.04. The molecule has 126 valence electrons. The lowest BCUT2D eigenvalue weighted by Crippen LogP contribution is -2.49. The molecule has 0 unspecified atom stereocenters. The fraction of sp³-hybridized carbons (Fsp3) is 0.588. The summed E-state index contributed by atoms with van der Waals surface area (Å²) in [7, 11) is 0. The van der Waals surface area contributed by atoms with Crippen LogP contribution in [0.5, 0.6) is 0 Å². The van der Waals surface area contributed by atoms with Gasteiger partial charge >= 0.3 is 0 Å². The molecule has 2 aliphatic heterocycles. The fourth-order valence-corrected chi connectivity index (χ4v) is 3.24. The topological polar surface area (TPSA) is 53.0 Å². The highest BCUT2D eigenvalue weighted by Crippen LogP contribution is 2.25. The number of ether oxygens (including phenoxy) is 1. The van der Waals surface area contributed by atoms with Gasteiger partial charge in [0.1, 0.15) is 5.82 Å². The molecular weight excluding hydrogens is 299 g/mol. The third kappa shape index (κ3) is 3.71. The molecule has 5 nitrogen and oxygen atoms in total. The minimum Gasteiger partial charge on any atom is -0.387 e. The number of carbonyl (C=O) groups excluding carboxylic acids is 1. The number of amides is 1. The van der Waals surface area contributed by atoms with E-state index in [-0.39, 0.29) is 11.7 Å². The number of β-amino-alcohol motifs (C(OH)–C–C–N with tert-alkyl or cyclic N) is 1. The summed E-state index contributed by atoms with van der Waals surface area (Å²) in [6.07, 6.45) is 0.546. The molecule has 0 saturated carbocycles. The molecule has 0 aliphatic carbocycles. The fourth-order valence-electron chi connectivity index (χ4n) is 3.24. The highest BCUT2D eigenvalue weighted by atomic mass is 19.1. The first kappa shape index (κ1) is 16.4. The number of carbonyl (C=O) groups is 1. The number of hydrogen-bond acceptors (Lipinski definition) is 4. The SMILES string of the molecule is Cc1ccc(C(=O)N2CC[C@](O)(CN3CCOCC3)C2)cc1F. The molecular formula is C17H23FN2O3. The van der Waals surface area contributed by atoms with Crippen LogP contribution in [0.2, 0.25) is 0 Å². The average Bonchev–Trinajstić information content (AvgIpc) is 2.92. The van der Waals surface area contributed by atoms with E-state index in [1.54, 1.807) is 24.0 Å². The Hall–Kier alpha value is -1.50. The summed E-state index contributed by atoms with van der Waals surface area (Å²) in [5, 5.41) is 10.8. The van der Waals surface area contributed by atoms with Gasteiger partial charge in [0.2, 0.25) is 0 Å². The molecule has 1 aromatic rings. The van der Waals surface area contributed by atoms with Gasteiger partial charge in [-0.1, -0.05) is 6.07 Å². The van der Waals surface area contributed by atoms with Crippen molar-refractivity contribution in [3.05, 3.63) is 35.1 Å². The number of rotatable bonds is 3. The molecule has 1 N–H and O–H groups in total. The van der Waals surface area contributed by atoms with Crippen LogP contribution in [0.15, 0.2) is 18.2 Å². The lowest BCUT2D eigenvalue weighted by atomic mass is 10.0. The van der Waals surface area contributed by atoms with E-state index in [0.29, 0.717) is 50.4 Å². The Balaban J connectivity index is 1.63. The molecule has 1 aromatic carbocycles. The van der Waals surface area contributed by atoms with Gasteiger partial charge in [-0.2, -0.15) is 0 Å². The summed E-state index contributed by atoms with van der Waals surface area (Å²) in [6.45, 7) is 5.97. The molecule has 3 rings (SSSR count). The number of morpholine rings is 1. The molecule has 0 bridgehead atoms. The predicted molar refractivity (Wildman–Crippen MR) is 83.9 cm³/mol. The standard InChI is InChI=1S/C17H23FN2O3/c1-13-2-3-14(10-15(13)18)16(21)20-5-4-17(22,12-20)11-19-6-8-23-9-7-19/h2-3,10,22H,4-9,11-12H2,1H3/t17-/m0/s1. The minimum absolute atomic E-state index is 0.221. The van der Waals surface area contributed by atoms with Crippen molar-refractivity contribution in [2.45, 2.75) is 18.9 Å². The first-order chi connectivity index (χ1) is 11.0. The van der Waals surface area contributed by atoms with Gasteiger partial charge in [-0.15, -0.1) is 0 Å². The average molecular weight is 322 g/mol. The van der Waals surface area contributed by atoms with Gasteiger partial charge in [-0.3, -0.25) is 9.69 Å². The maximum Gasteiger partial charge on any atom is 0.254 e. The summed E-state index contributed by atoms with van der Waals surface area (Å²) >= 11 is 0. The summed E-state index contributed by atoms with van der Waals surface area (Å²) in [6, 6.07) is 4.52. The molecule has 0 radical (unpaired) electrons. The van der Waals surface area contributed by atoms with E-state index in [9.17, 15) is 14.3 Å². The molecule has 23 heavy (non-hydrogen) atoms. The number of nitrogens with zero attached hydrogens (tertiary/aromatic N) is 2. The number of hydrogen-bond donors (Lipinski definition) is 1. The van der Waals surface area contributed by atoms with Crippen LogP contribution in [0.25, 0.3) is 0 Å². The maximum atomic E-state index is 13.6. The highest BCUT2D eigenvalue weighted by molar-refractivity contribution is 5.94. The van der Waals surface area contributed by atoms with Crippen molar-refractivity contribution < 1.29 is 19.0 Å². The summed E-state index contributed by atoms with van der Waals surface area (Å²) in [5.41, 5.74) is -0.0357. The van der Waals surface area contributed by atoms with E-state index < -0.39 is 5.60 Å². The molecule has 0 spiro atoms. The second kappa shape index (κ2) is 6.55. The molecule has 2 fully saturated rings. The zero-order chi connectivity index (χ0) is 16.4. The van der Waals surface area contributed by atoms with Crippen LogP contribution in [-0.4, -0.2) is 72.4 Å². The summed E-state index contributed by atoms with van der Waals surface area (Å²) in [4.78, 5) is 16.3. The first-order valence-electron chi connectivity index (χ1n) is 8.05. The van der Waals surface area contributed by atoms with Crippen LogP contribution in [0, 0.1) is 12.7 Å². The van der Waals surface area contributed by atoms with Gasteiger partial charge in [0.15, 0.2) is 0 Å². The number of aliphatic hydroxyl groups is 1. The normalized spacial score (nSPS) is 25.8. The smallest absolute Gasteiger partial charge is 0.254 e. The van der Waals surface area contributed by atoms with Crippen molar-refractivity contribution in [2.75, 3.05) is 45.9 Å². The van der Waals surface area contributed by atoms with Crippen LogP contribution in [-0.2, 0) is 4.74 Å². The molecule has 2 heterocycles. The number of halogens is 1. The van der Waals surface area contributed by atoms with Crippen LogP contribution >= 0.6 is 0 Å². The molecule has 1 amide bonds. The Morgan fingerprint density at radius 2 is 2.09 bits per heavy atom. The Morgan fingerprint density at radius 3 is 2.78 bits per heavy atom. The third-order valence-corrected chi connectivity index (χ3v) is 4.66. The minimum atomic E-state index is -0.893. The molecule has 2 aliphatic rings. The quantitative estimate of drug-likeness (QED) is 0.904. The zero-order valence-corrected chi connectivity index (χ0v) is 13.4. The lowest BCUT2D eigenvalue weighted by molar-refractivity contribution is -0.0257. The van der Waals surface area contributed by atoms with E-state index in [4.69, 9.17) is 4.74 Å². The molecule has 6 heteroatoms. The van der Waals surface area contributed by atoms with Crippen LogP contribution in [0.1, 0.15) is 22.3 Å². The number of benzene rings is 1. The van der Waals surface area contributed by atoms with Gasteiger partial charge < -0.3 is 14.7 Å². The van der Waals surface area contributed by atoms with Crippen LogP contribution in [0.4, 0.5) is 4.39 Å². The lowest BCUT2D eigenvalue weighted by Gasteiger charge is -2.33. The van der Waals surface area contributed by atoms with E-state index in [1.165, 1.54) is 6.07 Å². The van der Waals surface area contributed by atoms with E-state index in [2.05, 4.69) is 4.90 Å². The first-order valence-corrected chi connectivity index (χ1v) is 8.05. The Morgan fingerprint density at radius 1 is 1.35 bits per heavy atom. The van der Waals surface area contributed by atoms with E-state index in [0.717, 1.165) is 13.1 Å². The maximum absolute atomic E-state index is 13.6. The van der Waals surface area contributed by atoms with Crippen molar-refractivity contribution in [2.24, 2.45) is 0 Å². The van der Waals surface area contributed by atoms with Gasteiger partial charge in [0, 0.05) is 31.7 Å². The number of likely N-dealkylation sites (tertiary alicyclic amines) is 1. The van der Waals surface area contributed by atoms with Crippen LogP contribution in [0.3, 0.4) is 0 Å². The molecule has 2 saturated heterocycles. The second-order valence-corrected chi connectivity index (χ2v) is 6.55. The van der Waals surface area contributed by atoms with Crippen molar-refractivity contribution in [3.8, 4) is 0 Å². The van der Waals surface area contributed by atoms with Crippen LogP contribution < -0.4 is 0 Å². The Bertz CT molecular complexity index is 589. The van der Waals surface area contributed by atoms with Gasteiger partial charge in [-0.25, -0.2) is 4.39 Å². The molecule has 0 aromatic heterocycles. The van der Waals surface area contributed by atoms with E-state index in [1.807, 2.05) is 0 Å². The Labute approximate surface area is 135 Å². The third-order valence-electron chi connectivity index (χ3n) is 4.66. The summed E-state index contributed by atoms with van der Waals surface area (Å²) < 4.78 is 19.0. The van der Waals surface area contributed by atoms with Crippen molar-refractivity contribution >= 4 is 5.91 Å². The largest absolute Gasteiger partial charge is 0.387 e. The van der Waals surface area contributed by atoms with E-state index >= 15 is 0 Å². The summed E-state index contributed by atoms with van der Waals surface area (Å²) in [5.74, 6) is -0.597. The molecule has 1 atom stereocenters. The van der Waals surface area contributed by atoms with Crippen molar-refractivity contribution in [3.63, 3.8) is 0 Å². The number of aryl methyl sites for hydroxylation is 1. The van der Waals surface area contributed by atoms with Gasteiger partial charge in [0.25, 0.3) is 5.91 Å². The zero-order valence-electron chi connectivity index (χ0n) is 13.4. The Kier molecular flexibility index (Phi) is 4.66. The second-order valence-electron chi connectivity index (χ2n) is 6.55.